The molecule has 0 unspecified atom stereocenters. The van der Waals surface area contributed by atoms with Crippen molar-refractivity contribution < 1.29 is 18.1 Å². The molecule has 184 valence electrons. The zero-order valence-corrected chi connectivity index (χ0v) is 20.5. The summed E-state index contributed by atoms with van der Waals surface area (Å²) in [7, 11) is -3.84. The Morgan fingerprint density at radius 3 is 2.44 bits per heavy atom. The zero-order valence-electron chi connectivity index (χ0n) is 18.9. The number of nitro groups is 1. The Hall–Kier alpha value is -3.74. The number of carbonyl (C=O) groups is 1. The number of hydrogen-bond donors (Lipinski definition) is 1. The smallest absolute Gasteiger partial charge is 0.271 e. The van der Waals surface area contributed by atoms with E-state index in [1.165, 1.54) is 16.4 Å². The Balaban J connectivity index is 1.38. The van der Waals surface area contributed by atoms with Gasteiger partial charge in [-0.05, 0) is 23.8 Å². The summed E-state index contributed by atoms with van der Waals surface area (Å²) in [5.74, 6) is -0.226. The van der Waals surface area contributed by atoms with E-state index in [1.807, 2.05) is 30.3 Å². The van der Waals surface area contributed by atoms with Gasteiger partial charge in [0.15, 0.2) is 5.16 Å². The third-order valence-corrected chi connectivity index (χ3v) is 8.61. The number of sulfonamides is 1. The van der Waals surface area contributed by atoms with Crippen LogP contribution in [0.25, 0.3) is 11.0 Å². The van der Waals surface area contributed by atoms with Crippen molar-refractivity contribution in [2.75, 3.05) is 18.8 Å². The first-order chi connectivity index (χ1) is 17.3. The Labute approximate surface area is 211 Å². The predicted molar refractivity (Wildman–Crippen MR) is 135 cm³/mol. The molecule has 1 aromatic heterocycles. The predicted octanol–water partition coefficient (Wildman–Crippen LogP) is 3.80. The minimum absolute atomic E-state index is 0.0183. The number of fused-ring (bicyclic) bond motifs is 1. The molecule has 1 aliphatic heterocycles. The Kier molecular flexibility index (Phi) is 6.48. The maximum atomic E-state index is 13.5. The standard InChI is InChI=1S/C24H21N5O5S2/c30-22(16-35-24-25-20-12-11-18(29(31)32)15-21(20)26-24)27-13-14-28(23(27)17-7-3-1-4-8-17)36(33,34)19-9-5-2-6-10-19/h1-12,15,23H,13-14,16H2,(H,25,26)/t23-/m1/s1. The second kappa shape index (κ2) is 9.72. The van der Waals surface area contributed by atoms with E-state index in [0.29, 0.717) is 21.8 Å². The second-order valence-electron chi connectivity index (χ2n) is 8.09. The van der Waals surface area contributed by atoms with Crippen LogP contribution in [0.15, 0.2) is 88.9 Å². The van der Waals surface area contributed by atoms with Crippen molar-refractivity contribution in [2.45, 2.75) is 16.2 Å². The molecule has 0 aliphatic carbocycles. The Morgan fingerprint density at radius 2 is 1.75 bits per heavy atom. The molecular formula is C24H21N5O5S2. The van der Waals surface area contributed by atoms with Crippen molar-refractivity contribution in [1.82, 2.24) is 19.2 Å². The maximum Gasteiger partial charge on any atom is 0.271 e. The fourth-order valence-electron chi connectivity index (χ4n) is 4.19. The van der Waals surface area contributed by atoms with Gasteiger partial charge >= 0.3 is 0 Å². The lowest BCUT2D eigenvalue weighted by molar-refractivity contribution is -0.384. The molecule has 1 N–H and O–H groups in total. The minimum atomic E-state index is -3.84. The summed E-state index contributed by atoms with van der Waals surface area (Å²) in [6.07, 6.45) is -0.775. The van der Waals surface area contributed by atoms with Crippen molar-refractivity contribution >= 4 is 44.4 Å². The molecule has 12 heteroatoms. The van der Waals surface area contributed by atoms with Crippen LogP contribution in [0.3, 0.4) is 0 Å². The molecule has 10 nitrogen and oxygen atoms in total. The van der Waals surface area contributed by atoms with Crippen LogP contribution in [-0.2, 0) is 14.8 Å². The fourth-order valence-corrected chi connectivity index (χ4v) is 6.55. The van der Waals surface area contributed by atoms with Crippen LogP contribution >= 0.6 is 11.8 Å². The molecule has 1 fully saturated rings. The molecule has 0 spiro atoms. The summed E-state index contributed by atoms with van der Waals surface area (Å²) in [5, 5.41) is 11.5. The van der Waals surface area contributed by atoms with E-state index in [9.17, 15) is 23.3 Å². The van der Waals surface area contributed by atoms with Gasteiger partial charge in [0.1, 0.15) is 6.17 Å². The van der Waals surface area contributed by atoms with Gasteiger partial charge in [-0.15, -0.1) is 0 Å². The molecule has 0 radical (unpaired) electrons. The molecular weight excluding hydrogens is 502 g/mol. The number of imidazole rings is 1. The summed E-state index contributed by atoms with van der Waals surface area (Å²) in [6.45, 7) is 0.416. The number of benzene rings is 3. The number of non-ortho nitro benzene ring substituents is 1. The highest BCUT2D eigenvalue weighted by Gasteiger charge is 2.43. The van der Waals surface area contributed by atoms with Gasteiger partial charge in [0.2, 0.25) is 15.9 Å². The van der Waals surface area contributed by atoms with Crippen LogP contribution in [0, 0.1) is 10.1 Å². The normalized spacial score (nSPS) is 16.4. The van der Waals surface area contributed by atoms with Crippen LogP contribution in [0.4, 0.5) is 5.69 Å². The van der Waals surface area contributed by atoms with Crippen LogP contribution < -0.4 is 0 Å². The number of hydrogen-bond acceptors (Lipinski definition) is 7. The number of nitrogens with zero attached hydrogens (tertiary/aromatic N) is 4. The lowest BCUT2D eigenvalue weighted by Crippen LogP contribution is -2.38. The van der Waals surface area contributed by atoms with Crippen molar-refractivity contribution in [1.29, 1.82) is 0 Å². The zero-order chi connectivity index (χ0) is 25.3. The Morgan fingerprint density at radius 1 is 1.06 bits per heavy atom. The average molecular weight is 524 g/mol. The van der Waals surface area contributed by atoms with Crippen molar-refractivity contribution in [3.8, 4) is 0 Å². The highest BCUT2D eigenvalue weighted by molar-refractivity contribution is 7.99. The van der Waals surface area contributed by atoms with E-state index >= 15 is 0 Å². The lowest BCUT2D eigenvalue weighted by atomic mass is 10.1. The van der Waals surface area contributed by atoms with E-state index in [-0.39, 0.29) is 35.3 Å². The first kappa shape index (κ1) is 24.0. The van der Waals surface area contributed by atoms with Crippen molar-refractivity contribution in [2.24, 2.45) is 0 Å². The van der Waals surface area contributed by atoms with Gasteiger partial charge in [0, 0.05) is 25.2 Å². The topological polar surface area (TPSA) is 130 Å². The van der Waals surface area contributed by atoms with Crippen LogP contribution in [-0.4, -0.2) is 57.3 Å². The second-order valence-corrected chi connectivity index (χ2v) is 10.9. The quantitative estimate of drug-likeness (QED) is 0.222. The van der Waals surface area contributed by atoms with Crippen LogP contribution in [0.5, 0.6) is 0 Å². The molecule has 1 atom stereocenters. The molecule has 2 heterocycles. The van der Waals surface area contributed by atoms with Gasteiger partial charge in [0.25, 0.3) is 5.69 Å². The maximum absolute atomic E-state index is 13.5. The summed E-state index contributed by atoms with van der Waals surface area (Å²) in [4.78, 5) is 33.0. The number of aromatic amines is 1. The molecule has 1 saturated heterocycles. The van der Waals surface area contributed by atoms with E-state index in [2.05, 4.69) is 9.97 Å². The molecule has 4 aromatic rings. The molecule has 3 aromatic carbocycles. The number of rotatable bonds is 7. The number of carbonyl (C=O) groups excluding carboxylic acids is 1. The van der Waals surface area contributed by atoms with Crippen LogP contribution in [0.2, 0.25) is 0 Å². The SMILES string of the molecule is O=C(CSc1nc2ccc([N+](=O)[O-])cc2[nH]1)N1CCN(S(=O)(=O)c2ccccc2)[C@@H]1c1ccccc1. The molecule has 0 bridgehead atoms. The lowest BCUT2D eigenvalue weighted by Gasteiger charge is -2.30. The first-order valence-corrected chi connectivity index (χ1v) is 13.5. The number of nitro benzene ring substituents is 1. The van der Waals surface area contributed by atoms with Gasteiger partial charge in [-0.1, -0.05) is 60.3 Å². The largest absolute Gasteiger partial charge is 0.333 e. The van der Waals surface area contributed by atoms with Gasteiger partial charge < -0.3 is 9.88 Å². The van der Waals surface area contributed by atoms with E-state index in [1.54, 1.807) is 41.3 Å². The highest BCUT2D eigenvalue weighted by atomic mass is 32.2. The number of amides is 1. The van der Waals surface area contributed by atoms with Gasteiger partial charge in [0.05, 0.1) is 26.6 Å². The van der Waals surface area contributed by atoms with Gasteiger partial charge in [-0.25, -0.2) is 13.4 Å². The van der Waals surface area contributed by atoms with E-state index < -0.39 is 21.1 Å². The number of thioether (sulfide) groups is 1. The van der Waals surface area contributed by atoms with Gasteiger partial charge in [-0.3, -0.25) is 14.9 Å². The highest BCUT2D eigenvalue weighted by Crippen LogP contribution is 2.35. The van der Waals surface area contributed by atoms with Crippen LogP contribution in [0.1, 0.15) is 11.7 Å². The number of H-pyrrole nitrogens is 1. The van der Waals surface area contributed by atoms with Crippen molar-refractivity contribution in [3.63, 3.8) is 0 Å². The number of aromatic nitrogens is 2. The first-order valence-electron chi connectivity index (χ1n) is 11.0. The van der Waals surface area contributed by atoms with Gasteiger partial charge in [-0.2, -0.15) is 4.31 Å². The summed E-state index contributed by atoms with van der Waals surface area (Å²) in [6, 6.07) is 21.6. The average Bonchev–Trinajstić information content (AvgIpc) is 3.52. The van der Waals surface area contributed by atoms with E-state index in [4.69, 9.17) is 0 Å². The monoisotopic (exact) mass is 523 g/mol. The fraction of sp³-hybridized carbons (Fsp3) is 0.167. The summed E-state index contributed by atoms with van der Waals surface area (Å²) in [5.41, 5.74) is 1.70. The molecule has 1 amide bonds. The molecule has 36 heavy (non-hydrogen) atoms. The summed E-state index contributed by atoms with van der Waals surface area (Å²) >= 11 is 1.16. The van der Waals surface area contributed by atoms with Crippen molar-refractivity contribution in [3.05, 3.63) is 94.5 Å². The minimum Gasteiger partial charge on any atom is -0.333 e. The third-order valence-electron chi connectivity index (χ3n) is 5.88. The third kappa shape index (κ3) is 4.57. The van der Waals surface area contributed by atoms with E-state index in [0.717, 1.165) is 11.8 Å². The number of nitrogens with one attached hydrogen (secondary N) is 1. The molecule has 0 saturated carbocycles. The Bertz CT molecular complexity index is 1530. The summed E-state index contributed by atoms with van der Waals surface area (Å²) < 4.78 is 28.3. The molecule has 5 rings (SSSR count). The molecule has 1 aliphatic rings.